The highest BCUT2D eigenvalue weighted by atomic mass is 35.5. The molecule has 2 aromatic carbocycles. The van der Waals surface area contributed by atoms with E-state index in [2.05, 4.69) is 10.0 Å². The summed E-state index contributed by atoms with van der Waals surface area (Å²) in [6.45, 7) is 0. The highest BCUT2D eigenvalue weighted by Gasteiger charge is 2.14. The monoisotopic (exact) mass is 360 g/mol. The molecule has 0 aromatic heterocycles. The second kappa shape index (κ2) is 6.51. The average molecular weight is 361 g/mol. The van der Waals surface area contributed by atoms with Crippen LogP contribution in [0, 0.1) is 11.6 Å². The van der Waals surface area contributed by atoms with Crippen molar-refractivity contribution in [2.45, 2.75) is 0 Å². The number of carbonyl (C=O) groups excluding carboxylic acids is 1. The van der Waals surface area contributed by atoms with Crippen LogP contribution in [0.1, 0.15) is 10.4 Å². The molecule has 0 bridgehead atoms. The van der Waals surface area contributed by atoms with E-state index in [0.29, 0.717) is 6.07 Å². The molecule has 0 aliphatic carbocycles. The first-order valence-electron chi connectivity index (χ1n) is 6.19. The van der Waals surface area contributed by atoms with Gasteiger partial charge in [0.15, 0.2) is 0 Å². The minimum absolute atomic E-state index is 0.00874. The van der Waals surface area contributed by atoms with Crippen molar-refractivity contribution in [3.8, 4) is 0 Å². The first-order chi connectivity index (χ1) is 10.7. The van der Waals surface area contributed by atoms with Crippen molar-refractivity contribution in [3.63, 3.8) is 0 Å². The maximum absolute atomic E-state index is 13.5. The summed E-state index contributed by atoms with van der Waals surface area (Å²) >= 11 is 5.93. The van der Waals surface area contributed by atoms with E-state index in [9.17, 15) is 22.0 Å². The van der Waals surface area contributed by atoms with E-state index in [1.165, 1.54) is 18.2 Å². The second-order valence-electron chi connectivity index (χ2n) is 4.65. The molecule has 0 unspecified atom stereocenters. The van der Waals surface area contributed by atoms with Crippen LogP contribution in [0.2, 0.25) is 5.02 Å². The molecule has 0 aliphatic rings. The number of hydrogen-bond donors (Lipinski definition) is 2. The Morgan fingerprint density at radius 2 is 1.83 bits per heavy atom. The Balaban J connectivity index is 2.22. The Hall–Kier alpha value is -2.19. The molecule has 0 saturated carbocycles. The van der Waals surface area contributed by atoms with Crippen molar-refractivity contribution >= 4 is 38.9 Å². The van der Waals surface area contributed by atoms with Gasteiger partial charge in [0, 0.05) is 11.8 Å². The van der Waals surface area contributed by atoms with Crippen LogP contribution in [0.15, 0.2) is 36.4 Å². The summed E-state index contributed by atoms with van der Waals surface area (Å²) in [6.07, 6.45) is 0.971. The number of hydrogen-bond acceptors (Lipinski definition) is 3. The van der Waals surface area contributed by atoms with Gasteiger partial charge in [0.25, 0.3) is 5.91 Å². The van der Waals surface area contributed by atoms with Crippen molar-refractivity contribution in [2.24, 2.45) is 0 Å². The van der Waals surface area contributed by atoms with E-state index in [1.807, 2.05) is 0 Å². The Morgan fingerprint density at radius 1 is 1.13 bits per heavy atom. The van der Waals surface area contributed by atoms with Gasteiger partial charge in [0.1, 0.15) is 11.6 Å². The average Bonchev–Trinajstić information content (AvgIpc) is 2.40. The summed E-state index contributed by atoms with van der Waals surface area (Å²) in [5, 5.41) is 2.23. The minimum atomic E-state index is -3.48. The van der Waals surface area contributed by atoms with E-state index in [4.69, 9.17) is 11.6 Å². The van der Waals surface area contributed by atoms with Gasteiger partial charge in [-0.25, -0.2) is 17.2 Å². The first-order valence-corrected chi connectivity index (χ1v) is 8.46. The van der Waals surface area contributed by atoms with Crippen LogP contribution in [0.25, 0.3) is 0 Å². The zero-order valence-electron chi connectivity index (χ0n) is 11.7. The fourth-order valence-electron chi connectivity index (χ4n) is 1.76. The lowest BCUT2D eigenvalue weighted by atomic mass is 10.2. The third kappa shape index (κ3) is 4.64. The van der Waals surface area contributed by atoms with Crippen molar-refractivity contribution in [1.82, 2.24) is 0 Å². The quantitative estimate of drug-likeness (QED) is 0.878. The molecule has 2 aromatic rings. The normalized spacial score (nSPS) is 11.1. The van der Waals surface area contributed by atoms with Crippen LogP contribution in [0.5, 0.6) is 0 Å². The molecule has 1 amide bonds. The van der Waals surface area contributed by atoms with E-state index in [1.54, 1.807) is 0 Å². The lowest BCUT2D eigenvalue weighted by molar-refractivity contribution is 0.102. The van der Waals surface area contributed by atoms with Crippen LogP contribution >= 0.6 is 11.6 Å². The molecule has 5 nitrogen and oxygen atoms in total. The zero-order valence-corrected chi connectivity index (χ0v) is 13.3. The molecule has 2 rings (SSSR count). The molecule has 23 heavy (non-hydrogen) atoms. The SMILES string of the molecule is CS(=O)(=O)Nc1ccc(C(=O)Nc2ccc(F)cc2F)c(Cl)c1. The van der Waals surface area contributed by atoms with Gasteiger partial charge in [-0.15, -0.1) is 0 Å². The summed E-state index contributed by atoms with van der Waals surface area (Å²) < 4.78 is 50.8. The number of halogens is 3. The largest absolute Gasteiger partial charge is 0.319 e. The summed E-state index contributed by atoms with van der Waals surface area (Å²) in [6, 6.07) is 6.58. The lowest BCUT2D eigenvalue weighted by Gasteiger charge is -2.10. The Labute approximate surface area is 136 Å². The first kappa shape index (κ1) is 17.2. The molecule has 0 heterocycles. The molecule has 0 atom stereocenters. The fourth-order valence-corrected chi connectivity index (χ4v) is 2.58. The molecule has 9 heteroatoms. The van der Waals surface area contributed by atoms with Gasteiger partial charge >= 0.3 is 0 Å². The molecular formula is C14H11ClF2N2O3S. The van der Waals surface area contributed by atoms with Crippen molar-refractivity contribution in [3.05, 3.63) is 58.6 Å². The standard InChI is InChI=1S/C14H11ClF2N2O3S/c1-23(21,22)19-9-3-4-10(11(15)7-9)14(20)18-13-5-2-8(16)6-12(13)17/h2-7,19H,1H3,(H,18,20). The maximum Gasteiger partial charge on any atom is 0.257 e. The highest BCUT2D eigenvalue weighted by Crippen LogP contribution is 2.23. The third-order valence-corrected chi connectivity index (χ3v) is 3.62. The minimum Gasteiger partial charge on any atom is -0.319 e. The summed E-state index contributed by atoms with van der Waals surface area (Å²) in [5.74, 6) is -2.41. The number of benzene rings is 2. The van der Waals surface area contributed by atoms with Gasteiger partial charge in [-0.2, -0.15) is 0 Å². The summed E-state index contributed by atoms with van der Waals surface area (Å²) in [5.41, 5.74) is -0.0118. The predicted octanol–water partition coefficient (Wildman–Crippen LogP) is 3.24. The van der Waals surface area contributed by atoms with E-state index >= 15 is 0 Å². The van der Waals surface area contributed by atoms with Gasteiger partial charge in [0.2, 0.25) is 10.0 Å². The Bertz CT molecular complexity index is 872. The fraction of sp³-hybridized carbons (Fsp3) is 0.0714. The van der Waals surface area contributed by atoms with Gasteiger partial charge < -0.3 is 5.32 Å². The molecule has 122 valence electrons. The Kier molecular flexibility index (Phi) is 4.86. The second-order valence-corrected chi connectivity index (χ2v) is 6.80. The summed E-state index contributed by atoms with van der Waals surface area (Å²) in [7, 11) is -3.48. The third-order valence-electron chi connectivity index (χ3n) is 2.70. The topological polar surface area (TPSA) is 75.3 Å². The maximum atomic E-state index is 13.5. The van der Waals surface area contributed by atoms with Crippen molar-refractivity contribution < 1.29 is 22.0 Å². The molecule has 0 aliphatic heterocycles. The van der Waals surface area contributed by atoms with Crippen LogP contribution in [-0.2, 0) is 10.0 Å². The van der Waals surface area contributed by atoms with Crippen LogP contribution in [0.3, 0.4) is 0 Å². The molecular weight excluding hydrogens is 350 g/mol. The number of sulfonamides is 1. The molecule has 0 fully saturated rings. The molecule has 0 spiro atoms. The number of rotatable bonds is 4. The number of nitrogens with one attached hydrogen (secondary N) is 2. The van der Waals surface area contributed by atoms with Gasteiger partial charge in [-0.3, -0.25) is 9.52 Å². The number of anilines is 2. The predicted molar refractivity (Wildman–Crippen MR) is 84.2 cm³/mol. The highest BCUT2D eigenvalue weighted by molar-refractivity contribution is 7.92. The van der Waals surface area contributed by atoms with Crippen LogP contribution < -0.4 is 10.0 Å². The van der Waals surface area contributed by atoms with Crippen LogP contribution in [0.4, 0.5) is 20.2 Å². The molecule has 0 saturated heterocycles. The van der Waals surface area contributed by atoms with Crippen LogP contribution in [-0.4, -0.2) is 20.6 Å². The van der Waals surface area contributed by atoms with Crippen molar-refractivity contribution in [2.75, 3.05) is 16.3 Å². The van der Waals surface area contributed by atoms with Crippen molar-refractivity contribution in [1.29, 1.82) is 0 Å². The zero-order chi connectivity index (χ0) is 17.2. The van der Waals surface area contributed by atoms with Gasteiger partial charge in [0.05, 0.1) is 22.5 Å². The number of amides is 1. The van der Waals surface area contributed by atoms with Gasteiger partial charge in [-0.1, -0.05) is 11.6 Å². The summed E-state index contributed by atoms with van der Waals surface area (Å²) in [4.78, 5) is 12.1. The van der Waals surface area contributed by atoms with E-state index < -0.39 is 27.6 Å². The van der Waals surface area contributed by atoms with E-state index in [0.717, 1.165) is 18.4 Å². The molecule has 0 radical (unpaired) electrons. The number of carbonyl (C=O) groups is 1. The smallest absolute Gasteiger partial charge is 0.257 e. The molecule has 2 N–H and O–H groups in total. The van der Waals surface area contributed by atoms with Gasteiger partial charge in [-0.05, 0) is 30.3 Å². The Morgan fingerprint density at radius 3 is 2.39 bits per heavy atom. The van der Waals surface area contributed by atoms with E-state index in [-0.39, 0.29) is 22.0 Å². The lowest BCUT2D eigenvalue weighted by Crippen LogP contribution is -2.14.